The number of likely N-dealkylation sites (tertiary alicyclic amines) is 1. The molecule has 0 bridgehead atoms. The molecule has 40 heavy (non-hydrogen) atoms. The highest BCUT2D eigenvalue weighted by molar-refractivity contribution is 6.04. The lowest BCUT2D eigenvalue weighted by molar-refractivity contribution is -0.141. The monoisotopic (exact) mass is 558 g/mol. The van der Waals surface area contributed by atoms with Crippen LogP contribution in [0, 0.1) is 5.92 Å². The number of pyridine rings is 1. The number of alkyl halides is 3. The number of piperidine rings is 2. The minimum atomic E-state index is -4.66. The van der Waals surface area contributed by atoms with Crippen LogP contribution in [-0.2, 0) is 11.8 Å². The number of rotatable bonds is 7. The van der Waals surface area contributed by atoms with Gasteiger partial charge in [-0.2, -0.15) is 18.3 Å². The largest absolute Gasteiger partial charge is 0.433 e. The molecule has 2 fully saturated rings. The number of halogens is 3. The van der Waals surface area contributed by atoms with Gasteiger partial charge < -0.3 is 20.6 Å². The summed E-state index contributed by atoms with van der Waals surface area (Å²) >= 11 is 0. The first kappa shape index (κ1) is 28.5. The van der Waals surface area contributed by atoms with Gasteiger partial charge >= 0.3 is 6.18 Å². The third-order valence-corrected chi connectivity index (χ3v) is 8.08. The molecule has 0 unspecified atom stereocenters. The average Bonchev–Trinajstić information content (AvgIpc) is 3.34. The molecule has 2 aliphatic rings. The zero-order valence-electron chi connectivity index (χ0n) is 23.0. The van der Waals surface area contributed by atoms with Crippen molar-refractivity contribution in [3.05, 3.63) is 53.5 Å². The number of hydrogen-bond acceptors (Lipinski definition) is 6. The van der Waals surface area contributed by atoms with Crippen molar-refractivity contribution in [3.8, 4) is 0 Å². The van der Waals surface area contributed by atoms with Gasteiger partial charge in [0, 0.05) is 35.9 Å². The third-order valence-electron chi connectivity index (χ3n) is 8.08. The normalized spacial score (nSPS) is 18.4. The second-order valence-corrected chi connectivity index (χ2v) is 11.5. The van der Waals surface area contributed by atoms with Crippen LogP contribution in [0.1, 0.15) is 73.7 Å². The molecule has 2 aromatic heterocycles. The van der Waals surface area contributed by atoms with E-state index in [2.05, 4.69) is 20.5 Å². The van der Waals surface area contributed by atoms with Crippen LogP contribution in [-0.4, -0.2) is 63.4 Å². The molecule has 5 rings (SSSR count). The molecule has 0 spiro atoms. The molecule has 0 radical (unpaired) electrons. The molecule has 4 heterocycles. The summed E-state index contributed by atoms with van der Waals surface area (Å²) in [4.78, 5) is 18.9. The molecule has 8 nitrogen and oxygen atoms in total. The van der Waals surface area contributed by atoms with Gasteiger partial charge in [-0.1, -0.05) is 6.07 Å². The van der Waals surface area contributed by atoms with Crippen LogP contribution in [0.5, 0.6) is 0 Å². The SMILES string of the molecule is CC(C)(O)c1cc2nn(C3CCN(CCC4CCNCC4)CC3)cc2cc1NC(=O)c1cccc(C(F)(F)F)n1. The summed E-state index contributed by atoms with van der Waals surface area (Å²) in [6.45, 7) is 8.60. The summed E-state index contributed by atoms with van der Waals surface area (Å²) in [5.74, 6) is 0.0274. The Balaban J connectivity index is 1.30. The van der Waals surface area contributed by atoms with Crippen LogP contribution < -0.4 is 10.6 Å². The van der Waals surface area contributed by atoms with E-state index < -0.39 is 23.4 Å². The fourth-order valence-corrected chi connectivity index (χ4v) is 5.74. The Kier molecular flexibility index (Phi) is 8.17. The fraction of sp³-hybridized carbons (Fsp3) is 0.552. The van der Waals surface area contributed by atoms with Crippen LogP contribution in [0.15, 0.2) is 36.5 Å². The number of anilines is 1. The van der Waals surface area contributed by atoms with E-state index in [-0.39, 0.29) is 11.7 Å². The molecular formula is C29H37F3N6O2. The molecule has 0 aliphatic carbocycles. The van der Waals surface area contributed by atoms with Crippen molar-refractivity contribution < 1.29 is 23.1 Å². The van der Waals surface area contributed by atoms with Gasteiger partial charge in [-0.05, 0) is 95.8 Å². The van der Waals surface area contributed by atoms with E-state index in [4.69, 9.17) is 5.10 Å². The molecule has 11 heteroatoms. The van der Waals surface area contributed by atoms with Crippen LogP contribution in [0.3, 0.4) is 0 Å². The first-order chi connectivity index (χ1) is 19.0. The van der Waals surface area contributed by atoms with Crippen LogP contribution >= 0.6 is 0 Å². The van der Waals surface area contributed by atoms with Crippen molar-refractivity contribution in [1.82, 2.24) is 25.0 Å². The van der Waals surface area contributed by atoms with E-state index in [1.54, 1.807) is 26.0 Å². The highest BCUT2D eigenvalue weighted by Gasteiger charge is 2.33. The number of aliphatic hydroxyl groups is 1. The average molecular weight is 559 g/mol. The molecule has 3 N–H and O–H groups in total. The summed E-state index contributed by atoms with van der Waals surface area (Å²) in [5, 5.41) is 22.5. The lowest BCUT2D eigenvalue weighted by atomic mass is 9.94. The molecule has 2 aliphatic heterocycles. The lowest BCUT2D eigenvalue weighted by Crippen LogP contribution is -2.37. The number of nitrogens with zero attached hydrogens (tertiary/aromatic N) is 4. The number of carbonyl (C=O) groups excluding carboxylic acids is 1. The second kappa shape index (κ2) is 11.5. The number of amides is 1. The Morgan fingerprint density at radius 1 is 1.12 bits per heavy atom. The van der Waals surface area contributed by atoms with Gasteiger partial charge in [-0.25, -0.2) is 4.98 Å². The fourth-order valence-electron chi connectivity index (χ4n) is 5.74. The van der Waals surface area contributed by atoms with Crippen molar-refractivity contribution in [1.29, 1.82) is 0 Å². The molecule has 1 aromatic carbocycles. The van der Waals surface area contributed by atoms with E-state index in [0.717, 1.165) is 69.0 Å². The minimum absolute atomic E-state index is 0.250. The lowest BCUT2D eigenvalue weighted by Gasteiger charge is -2.33. The Hall–Kier alpha value is -3.02. The molecular weight excluding hydrogens is 521 g/mol. The van der Waals surface area contributed by atoms with Crippen molar-refractivity contribution >= 4 is 22.5 Å². The highest BCUT2D eigenvalue weighted by Crippen LogP contribution is 2.34. The van der Waals surface area contributed by atoms with Gasteiger partial charge in [0.15, 0.2) is 0 Å². The van der Waals surface area contributed by atoms with Crippen molar-refractivity contribution in [2.24, 2.45) is 5.92 Å². The maximum atomic E-state index is 13.1. The topological polar surface area (TPSA) is 95.3 Å². The zero-order chi connectivity index (χ0) is 28.5. The number of hydrogen-bond donors (Lipinski definition) is 3. The first-order valence-electron chi connectivity index (χ1n) is 14.0. The summed E-state index contributed by atoms with van der Waals surface area (Å²) < 4.78 is 41.3. The standard InChI is InChI=1S/C29H37F3N6O2/c1-28(2,40)22-17-24-20(16-25(22)35-27(39)23-4-3-5-26(34-23)29(30,31)32)18-38(36-24)21-9-14-37(15-10-21)13-8-19-6-11-33-12-7-19/h3-5,16-19,21,33,40H,6-15H2,1-2H3,(H,35,39). The quantitative estimate of drug-likeness (QED) is 0.380. The van der Waals surface area contributed by atoms with Crippen LogP contribution in [0.25, 0.3) is 10.9 Å². The maximum Gasteiger partial charge on any atom is 0.433 e. The molecule has 3 aromatic rings. The Bertz CT molecular complexity index is 1340. The summed E-state index contributed by atoms with van der Waals surface area (Å²) in [7, 11) is 0. The second-order valence-electron chi connectivity index (χ2n) is 11.5. The minimum Gasteiger partial charge on any atom is -0.386 e. The van der Waals surface area contributed by atoms with Crippen molar-refractivity contribution in [2.45, 2.75) is 63.8 Å². The Morgan fingerprint density at radius 2 is 1.85 bits per heavy atom. The number of aromatic nitrogens is 3. The smallest absolute Gasteiger partial charge is 0.386 e. The first-order valence-corrected chi connectivity index (χ1v) is 14.0. The molecule has 0 saturated carbocycles. The predicted octanol–water partition coefficient (Wildman–Crippen LogP) is 4.96. The van der Waals surface area contributed by atoms with Gasteiger partial charge in [0.2, 0.25) is 0 Å². The van der Waals surface area contributed by atoms with Gasteiger partial charge in [-0.15, -0.1) is 0 Å². The summed E-state index contributed by atoms with van der Waals surface area (Å²) in [5.41, 5.74) is -1.44. The molecule has 0 atom stereocenters. The summed E-state index contributed by atoms with van der Waals surface area (Å²) in [6.07, 6.45) is 3.04. The molecule has 1 amide bonds. The number of benzene rings is 1. The van der Waals surface area contributed by atoms with E-state index >= 15 is 0 Å². The highest BCUT2D eigenvalue weighted by atomic mass is 19.4. The number of fused-ring (bicyclic) bond motifs is 1. The Morgan fingerprint density at radius 3 is 2.52 bits per heavy atom. The maximum absolute atomic E-state index is 13.1. The van der Waals surface area contributed by atoms with Crippen molar-refractivity contribution in [3.63, 3.8) is 0 Å². The predicted molar refractivity (Wildman–Crippen MR) is 147 cm³/mol. The van der Waals surface area contributed by atoms with Gasteiger partial charge in [0.05, 0.1) is 17.2 Å². The number of nitrogens with one attached hydrogen (secondary N) is 2. The van der Waals surface area contributed by atoms with Gasteiger partial charge in [-0.3, -0.25) is 9.48 Å². The van der Waals surface area contributed by atoms with Gasteiger partial charge in [0.25, 0.3) is 5.91 Å². The molecule has 216 valence electrons. The zero-order valence-corrected chi connectivity index (χ0v) is 23.0. The summed E-state index contributed by atoms with van der Waals surface area (Å²) in [6, 6.07) is 6.89. The van der Waals surface area contributed by atoms with E-state index in [1.165, 1.54) is 25.3 Å². The van der Waals surface area contributed by atoms with Crippen LogP contribution in [0.4, 0.5) is 18.9 Å². The number of carbonyl (C=O) groups is 1. The molecule has 2 saturated heterocycles. The van der Waals surface area contributed by atoms with Crippen LogP contribution in [0.2, 0.25) is 0 Å². The van der Waals surface area contributed by atoms with E-state index in [1.807, 2.05) is 10.9 Å². The van der Waals surface area contributed by atoms with E-state index in [0.29, 0.717) is 16.8 Å². The van der Waals surface area contributed by atoms with E-state index in [9.17, 15) is 23.1 Å². The third kappa shape index (κ3) is 6.64. The van der Waals surface area contributed by atoms with Crippen molar-refractivity contribution in [2.75, 3.05) is 38.0 Å². The Labute approximate surface area is 232 Å². The van der Waals surface area contributed by atoms with Gasteiger partial charge in [0.1, 0.15) is 11.4 Å².